The van der Waals surface area contributed by atoms with E-state index in [1.54, 1.807) is 0 Å². The van der Waals surface area contributed by atoms with Crippen LogP contribution in [0.15, 0.2) is 85.2 Å². The van der Waals surface area contributed by atoms with Crippen molar-refractivity contribution in [1.82, 2.24) is 8.47 Å². The minimum atomic E-state index is -2.65. The Hall–Kier alpha value is -3.63. The Labute approximate surface area is 210 Å². The molecule has 4 aromatic rings. The van der Waals surface area contributed by atoms with E-state index in [2.05, 4.69) is 115 Å². The summed E-state index contributed by atoms with van der Waals surface area (Å²) in [5.74, 6) is 2.14. The molecule has 2 fully saturated rings. The molecule has 0 amide bonds. The van der Waals surface area contributed by atoms with Gasteiger partial charge in [0.2, 0.25) is 0 Å². The summed E-state index contributed by atoms with van der Waals surface area (Å²) in [4.78, 5) is 0. The van der Waals surface area contributed by atoms with E-state index in [1.807, 2.05) is 0 Å². The second-order valence-electron chi connectivity index (χ2n) is 11.4. The Morgan fingerprint density at radius 2 is 1.00 bits per heavy atom. The monoisotopic (exact) mass is 508 g/mol. The van der Waals surface area contributed by atoms with Crippen LogP contribution in [-0.4, -0.2) is 45.2 Å². The molecule has 0 radical (unpaired) electrons. The first kappa shape index (κ1) is 19.5. The van der Waals surface area contributed by atoms with Crippen LogP contribution in [0.1, 0.15) is 24.2 Å². The molecule has 0 N–H and O–H groups in total. The molecular formula is C28H28N4O2Si2. The first-order valence-corrected chi connectivity index (χ1v) is 18.6. The van der Waals surface area contributed by atoms with Gasteiger partial charge < -0.3 is 0 Å². The van der Waals surface area contributed by atoms with Crippen molar-refractivity contribution in [2.45, 2.75) is 37.0 Å². The van der Waals surface area contributed by atoms with Crippen molar-refractivity contribution in [3.05, 3.63) is 96.6 Å². The number of nitrogens with zero attached hydrogens (tertiary/aromatic N) is 4. The van der Waals surface area contributed by atoms with Crippen molar-refractivity contribution < 1.29 is 17.3 Å². The average molecular weight is 509 g/mol. The topological polar surface area (TPSA) is 34.3 Å². The summed E-state index contributed by atoms with van der Waals surface area (Å²) < 4.78 is 23.2. The van der Waals surface area contributed by atoms with Crippen LogP contribution in [0.2, 0.25) is 24.2 Å². The van der Waals surface area contributed by atoms with Crippen molar-refractivity contribution in [2.75, 3.05) is 0 Å². The Kier molecular flexibility index (Phi) is 3.17. The fourth-order valence-corrected chi connectivity index (χ4v) is 19.7. The second-order valence-corrected chi connectivity index (χ2v) is 21.5. The molecule has 0 aliphatic carbocycles. The van der Waals surface area contributed by atoms with Crippen molar-refractivity contribution in [3.8, 4) is 11.5 Å². The van der Waals surface area contributed by atoms with Gasteiger partial charge in [-0.25, -0.2) is 0 Å². The number of hydrogen-bond acceptors (Lipinski definition) is 2. The molecular weight excluding hydrogens is 481 g/mol. The van der Waals surface area contributed by atoms with Crippen LogP contribution >= 0.6 is 0 Å². The van der Waals surface area contributed by atoms with Crippen LogP contribution in [0.3, 0.4) is 0 Å². The van der Waals surface area contributed by atoms with Gasteiger partial charge in [0.1, 0.15) is 0 Å². The second kappa shape index (κ2) is 5.84. The molecule has 10 rings (SSSR count). The molecule has 0 bridgehead atoms. The first-order chi connectivity index (χ1) is 17.6. The number of rotatable bonds is 0. The molecule has 6 nitrogen and oxygen atoms in total. The molecule has 0 atom stereocenters. The SMILES string of the molecule is C1=[N+]2c3ccccc3O[Si-]23(CCC3)n2cccc21.C1=[N+]2c3ccccc3O[Si-]23(CCC3)n2cccc21. The molecule has 0 saturated carbocycles. The predicted octanol–water partition coefficient (Wildman–Crippen LogP) is 5.60. The summed E-state index contributed by atoms with van der Waals surface area (Å²) in [6.07, 6.45) is 11.6. The van der Waals surface area contributed by atoms with Gasteiger partial charge in [0.05, 0.1) is 0 Å². The van der Waals surface area contributed by atoms with Crippen LogP contribution in [0.4, 0.5) is 11.4 Å². The predicted molar refractivity (Wildman–Crippen MR) is 144 cm³/mol. The zero-order valence-electron chi connectivity index (χ0n) is 20.1. The van der Waals surface area contributed by atoms with E-state index in [0.29, 0.717) is 0 Å². The van der Waals surface area contributed by atoms with Crippen molar-refractivity contribution >= 4 is 39.6 Å². The Bertz CT molecular complexity index is 1580. The Morgan fingerprint density at radius 1 is 0.556 bits per heavy atom. The number of fused-ring (bicyclic) bond motifs is 6. The van der Waals surface area contributed by atoms with E-state index in [1.165, 1.54) is 59.8 Å². The first-order valence-electron chi connectivity index (χ1n) is 13.2. The summed E-state index contributed by atoms with van der Waals surface area (Å²) >= 11 is 0. The van der Waals surface area contributed by atoms with Crippen LogP contribution in [0.5, 0.6) is 11.5 Å². The van der Waals surface area contributed by atoms with Gasteiger partial charge in [-0.2, -0.15) is 0 Å². The third kappa shape index (κ3) is 1.87. The molecule has 8 heterocycles. The van der Waals surface area contributed by atoms with Gasteiger partial charge in [0, 0.05) is 0 Å². The van der Waals surface area contributed by atoms with Gasteiger partial charge in [0.25, 0.3) is 0 Å². The third-order valence-corrected chi connectivity index (χ3v) is 22.7. The third-order valence-electron chi connectivity index (χ3n) is 9.93. The summed E-state index contributed by atoms with van der Waals surface area (Å²) in [7, 11) is -5.30. The van der Waals surface area contributed by atoms with Crippen molar-refractivity contribution in [3.63, 3.8) is 0 Å². The van der Waals surface area contributed by atoms with Gasteiger partial charge in [-0.15, -0.1) is 0 Å². The molecule has 180 valence electrons. The van der Waals surface area contributed by atoms with Gasteiger partial charge in [0.15, 0.2) is 0 Å². The molecule has 6 aliphatic heterocycles. The fourth-order valence-electron chi connectivity index (χ4n) is 8.03. The van der Waals surface area contributed by atoms with Crippen molar-refractivity contribution in [2.24, 2.45) is 0 Å². The zero-order chi connectivity index (χ0) is 23.6. The maximum atomic E-state index is 6.64. The molecule has 2 spiro atoms. The number of benzene rings is 2. The number of para-hydroxylation sites is 4. The quantitative estimate of drug-likeness (QED) is 0.290. The van der Waals surface area contributed by atoms with Gasteiger partial charge in [-0.1, -0.05) is 0 Å². The zero-order valence-corrected chi connectivity index (χ0v) is 22.1. The molecule has 6 aliphatic rings. The van der Waals surface area contributed by atoms with E-state index < -0.39 is 15.8 Å². The fraction of sp³-hybridized carbons (Fsp3) is 0.214. The van der Waals surface area contributed by atoms with Crippen LogP contribution in [-0.2, 0) is 0 Å². The maximum absolute atomic E-state index is 6.64. The van der Waals surface area contributed by atoms with Gasteiger partial charge >= 0.3 is 211 Å². The van der Waals surface area contributed by atoms with E-state index in [9.17, 15) is 0 Å². The summed E-state index contributed by atoms with van der Waals surface area (Å²) in [6, 6.07) is 30.4. The van der Waals surface area contributed by atoms with E-state index in [-0.39, 0.29) is 0 Å². The summed E-state index contributed by atoms with van der Waals surface area (Å²) in [5, 5.41) is 0. The standard InChI is InChI=1S/2C14H14N2OSi/c2*1-2-7-14-13(6-1)16-11-12-5-3-8-15(12)18(16,17-14)9-4-10-18/h2*1-3,5-8,11H,4,9-10H2. The molecule has 36 heavy (non-hydrogen) atoms. The Morgan fingerprint density at radius 3 is 1.42 bits per heavy atom. The van der Waals surface area contributed by atoms with Crippen LogP contribution < -0.4 is 8.85 Å². The normalized spacial score (nSPS) is 26.0. The van der Waals surface area contributed by atoms with Crippen molar-refractivity contribution in [1.29, 1.82) is 0 Å². The molecule has 8 heteroatoms. The molecule has 2 aromatic heterocycles. The van der Waals surface area contributed by atoms with E-state index in [0.717, 1.165) is 11.5 Å². The van der Waals surface area contributed by atoms with Crippen LogP contribution in [0.25, 0.3) is 0 Å². The number of hydrogen-bond donors (Lipinski definition) is 0. The van der Waals surface area contributed by atoms with E-state index >= 15 is 0 Å². The summed E-state index contributed by atoms with van der Waals surface area (Å²) in [5.41, 5.74) is 5.12. The summed E-state index contributed by atoms with van der Waals surface area (Å²) in [6.45, 7) is 0. The van der Waals surface area contributed by atoms with Crippen LogP contribution in [0, 0.1) is 0 Å². The van der Waals surface area contributed by atoms with Gasteiger partial charge in [-0.3, -0.25) is 0 Å². The minimum absolute atomic E-state index is 1.07. The Balaban J connectivity index is 0.000000108. The number of aromatic nitrogens is 2. The van der Waals surface area contributed by atoms with Gasteiger partial charge in [-0.05, 0) is 0 Å². The molecule has 2 saturated heterocycles. The van der Waals surface area contributed by atoms with E-state index in [4.69, 9.17) is 8.85 Å². The molecule has 2 aromatic carbocycles. The average Bonchev–Trinajstić information content (AvgIpc) is 3.65. The molecule has 0 unspecified atom stereocenters.